The average Bonchev–Trinajstić information content (AvgIpc) is 3.03. The topological polar surface area (TPSA) is 36.4 Å². The number of nitrogens with zero attached hydrogens (tertiary/aromatic N) is 1. The van der Waals surface area contributed by atoms with Crippen molar-refractivity contribution < 1.29 is 0 Å². The van der Waals surface area contributed by atoms with E-state index < -0.39 is 0 Å². The molecule has 3 rings (SSSR count). The van der Waals surface area contributed by atoms with Gasteiger partial charge in [-0.3, -0.25) is 4.99 Å². The van der Waals surface area contributed by atoms with Crippen LogP contribution in [0.3, 0.4) is 0 Å². The molecule has 114 valence electrons. The maximum absolute atomic E-state index is 4.38. The second-order valence-corrected chi connectivity index (χ2v) is 6.74. The second-order valence-electron chi connectivity index (χ2n) is 6.74. The molecule has 0 saturated heterocycles. The number of hydrogen-bond donors (Lipinski definition) is 2. The first kappa shape index (κ1) is 14.4. The lowest BCUT2D eigenvalue weighted by Crippen LogP contribution is -2.45. The molecule has 3 heteroatoms. The van der Waals surface area contributed by atoms with E-state index in [0.29, 0.717) is 6.04 Å². The van der Waals surface area contributed by atoms with Gasteiger partial charge in [0, 0.05) is 25.0 Å². The van der Waals surface area contributed by atoms with Crippen LogP contribution in [0.25, 0.3) is 0 Å². The average molecular weight is 285 g/mol. The minimum Gasteiger partial charge on any atom is -0.356 e. The minimum absolute atomic E-state index is 0.286. The summed E-state index contributed by atoms with van der Waals surface area (Å²) in [5, 5.41) is 7.10. The van der Waals surface area contributed by atoms with Gasteiger partial charge in [0.05, 0.1) is 0 Å². The van der Waals surface area contributed by atoms with Crippen molar-refractivity contribution in [2.24, 2.45) is 10.9 Å². The fraction of sp³-hybridized carbons (Fsp3) is 0.611. The Morgan fingerprint density at radius 1 is 1.24 bits per heavy atom. The Morgan fingerprint density at radius 3 is 2.48 bits per heavy atom. The Hall–Kier alpha value is -1.51. The molecule has 0 amide bonds. The maximum Gasteiger partial charge on any atom is 0.191 e. The normalized spacial score (nSPS) is 27.4. The lowest BCUT2D eigenvalue weighted by atomic mass is 9.79. The fourth-order valence-corrected chi connectivity index (χ4v) is 3.56. The second kappa shape index (κ2) is 6.08. The molecule has 2 unspecified atom stereocenters. The number of hydrogen-bond acceptors (Lipinski definition) is 1. The van der Waals surface area contributed by atoms with E-state index in [0.717, 1.165) is 18.4 Å². The van der Waals surface area contributed by atoms with Crippen LogP contribution < -0.4 is 10.6 Å². The molecule has 0 bridgehead atoms. The summed E-state index contributed by atoms with van der Waals surface area (Å²) in [6.45, 7) is 3.27. The molecule has 2 aliphatic rings. The third-order valence-electron chi connectivity index (χ3n) is 5.20. The van der Waals surface area contributed by atoms with Crippen molar-refractivity contribution >= 4 is 5.96 Å². The molecular weight excluding hydrogens is 258 g/mol. The number of guanidine groups is 1. The molecule has 2 saturated carbocycles. The molecule has 0 heterocycles. The Bertz CT molecular complexity index is 488. The van der Waals surface area contributed by atoms with Crippen LogP contribution in [-0.2, 0) is 5.41 Å². The molecule has 1 aromatic carbocycles. The third-order valence-corrected chi connectivity index (χ3v) is 5.20. The summed E-state index contributed by atoms with van der Waals surface area (Å²) in [6, 6.07) is 11.6. The number of benzene rings is 1. The monoisotopic (exact) mass is 285 g/mol. The van der Waals surface area contributed by atoms with Crippen LogP contribution in [0.1, 0.15) is 44.6 Å². The largest absolute Gasteiger partial charge is 0.356 e. The van der Waals surface area contributed by atoms with E-state index in [4.69, 9.17) is 0 Å². The zero-order valence-corrected chi connectivity index (χ0v) is 13.2. The van der Waals surface area contributed by atoms with Crippen LogP contribution in [0, 0.1) is 5.92 Å². The Kier molecular flexibility index (Phi) is 4.18. The zero-order valence-electron chi connectivity index (χ0n) is 13.2. The molecule has 0 spiro atoms. The highest BCUT2D eigenvalue weighted by molar-refractivity contribution is 5.80. The molecule has 0 aliphatic heterocycles. The summed E-state index contributed by atoms with van der Waals surface area (Å²) in [6.07, 6.45) is 6.50. The molecule has 0 aromatic heterocycles. The standard InChI is InChI=1S/C18H27N3/c1-14-12-16(14)21-17(19-2)20-13-18(10-6-7-11-18)15-8-4-3-5-9-15/h3-5,8-9,14,16H,6-7,10-13H2,1-2H3,(H2,19,20,21). The maximum atomic E-state index is 4.38. The van der Waals surface area contributed by atoms with Gasteiger partial charge < -0.3 is 10.6 Å². The lowest BCUT2D eigenvalue weighted by Gasteiger charge is -2.30. The van der Waals surface area contributed by atoms with E-state index in [1.54, 1.807) is 0 Å². The van der Waals surface area contributed by atoms with E-state index in [2.05, 4.69) is 52.9 Å². The highest BCUT2D eigenvalue weighted by atomic mass is 15.2. The van der Waals surface area contributed by atoms with E-state index >= 15 is 0 Å². The lowest BCUT2D eigenvalue weighted by molar-refractivity contribution is 0.431. The highest BCUT2D eigenvalue weighted by Gasteiger charge is 2.37. The third kappa shape index (κ3) is 3.22. The molecule has 0 radical (unpaired) electrons. The van der Waals surface area contributed by atoms with Gasteiger partial charge in [0.15, 0.2) is 5.96 Å². The first-order valence-corrected chi connectivity index (χ1v) is 8.26. The molecule has 21 heavy (non-hydrogen) atoms. The number of nitrogens with one attached hydrogen (secondary N) is 2. The summed E-state index contributed by atoms with van der Waals surface area (Å²) < 4.78 is 0. The molecule has 2 atom stereocenters. The smallest absolute Gasteiger partial charge is 0.191 e. The van der Waals surface area contributed by atoms with Gasteiger partial charge in [0.1, 0.15) is 0 Å². The van der Waals surface area contributed by atoms with Crippen molar-refractivity contribution in [3.8, 4) is 0 Å². The van der Waals surface area contributed by atoms with Gasteiger partial charge in [-0.1, -0.05) is 50.1 Å². The van der Waals surface area contributed by atoms with Gasteiger partial charge in [-0.25, -0.2) is 0 Å². The minimum atomic E-state index is 0.286. The van der Waals surface area contributed by atoms with Gasteiger partial charge in [0.25, 0.3) is 0 Å². The van der Waals surface area contributed by atoms with Crippen molar-refractivity contribution in [3.63, 3.8) is 0 Å². The van der Waals surface area contributed by atoms with Crippen molar-refractivity contribution in [1.82, 2.24) is 10.6 Å². The summed E-state index contributed by atoms with van der Waals surface area (Å²) in [7, 11) is 1.87. The number of aliphatic imine (C=N–C) groups is 1. The van der Waals surface area contributed by atoms with Crippen LogP contribution in [-0.4, -0.2) is 25.6 Å². The van der Waals surface area contributed by atoms with E-state index in [1.165, 1.54) is 37.7 Å². The molecule has 3 nitrogen and oxygen atoms in total. The van der Waals surface area contributed by atoms with Gasteiger partial charge in [-0.2, -0.15) is 0 Å². The molecule has 2 aliphatic carbocycles. The van der Waals surface area contributed by atoms with Crippen LogP contribution in [0.15, 0.2) is 35.3 Å². The van der Waals surface area contributed by atoms with E-state index in [-0.39, 0.29) is 5.41 Å². The summed E-state index contributed by atoms with van der Waals surface area (Å²) >= 11 is 0. The van der Waals surface area contributed by atoms with Crippen molar-refractivity contribution in [2.75, 3.05) is 13.6 Å². The molecule has 2 N–H and O–H groups in total. The first-order chi connectivity index (χ1) is 10.2. The SMILES string of the molecule is CN=C(NCC1(c2ccccc2)CCCC1)NC1CC1C. The van der Waals surface area contributed by atoms with Crippen LogP contribution in [0.5, 0.6) is 0 Å². The highest BCUT2D eigenvalue weighted by Crippen LogP contribution is 2.40. The summed E-state index contributed by atoms with van der Waals surface area (Å²) in [5.74, 6) is 1.75. The summed E-state index contributed by atoms with van der Waals surface area (Å²) in [4.78, 5) is 4.38. The van der Waals surface area contributed by atoms with E-state index in [1.807, 2.05) is 7.05 Å². The van der Waals surface area contributed by atoms with Crippen molar-refractivity contribution in [2.45, 2.75) is 50.5 Å². The van der Waals surface area contributed by atoms with Crippen molar-refractivity contribution in [3.05, 3.63) is 35.9 Å². The Morgan fingerprint density at radius 2 is 1.90 bits per heavy atom. The van der Waals surface area contributed by atoms with Gasteiger partial charge >= 0.3 is 0 Å². The molecule has 2 fully saturated rings. The predicted molar refractivity (Wildman–Crippen MR) is 88.7 cm³/mol. The van der Waals surface area contributed by atoms with Crippen LogP contribution >= 0.6 is 0 Å². The van der Waals surface area contributed by atoms with Gasteiger partial charge in [-0.15, -0.1) is 0 Å². The van der Waals surface area contributed by atoms with Crippen LogP contribution in [0.4, 0.5) is 0 Å². The first-order valence-electron chi connectivity index (χ1n) is 8.26. The van der Waals surface area contributed by atoms with Gasteiger partial charge in [0.2, 0.25) is 0 Å². The quantitative estimate of drug-likeness (QED) is 0.659. The Labute approximate surface area is 128 Å². The summed E-state index contributed by atoms with van der Waals surface area (Å²) in [5.41, 5.74) is 1.76. The van der Waals surface area contributed by atoms with Crippen molar-refractivity contribution in [1.29, 1.82) is 0 Å². The van der Waals surface area contributed by atoms with Crippen LogP contribution in [0.2, 0.25) is 0 Å². The van der Waals surface area contributed by atoms with E-state index in [9.17, 15) is 0 Å². The Balaban J connectivity index is 1.65. The zero-order chi connectivity index (χ0) is 14.7. The number of rotatable bonds is 4. The fourth-order valence-electron chi connectivity index (χ4n) is 3.56. The predicted octanol–water partition coefficient (Wildman–Crippen LogP) is 3.07. The molecular formula is C18H27N3. The molecule has 1 aromatic rings. The van der Waals surface area contributed by atoms with Gasteiger partial charge in [-0.05, 0) is 30.7 Å².